The van der Waals surface area contributed by atoms with Gasteiger partial charge in [-0.2, -0.15) is 0 Å². The van der Waals surface area contributed by atoms with Crippen LogP contribution in [0.3, 0.4) is 0 Å². The fraction of sp³-hybridized carbons (Fsp3) is 0.227. The van der Waals surface area contributed by atoms with Gasteiger partial charge in [-0.15, -0.1) is 11.3 Å². The SMILES string of the molecule is CCc1cccc(NC(=O)COC(=O)c2ccccc2OCc2csc(C)n2)c1. The van der Waals surface area contributed by atoms with Crippen LogP contribution in [0.2, 0.25) is 0 Å². The van der Waals surface area contributed by atoms with Crippen molar-refractivity contribution in [1.82, 2.24) is 4.98 Å². The van der Waals surface area contributed by atoms with Gasteiger partial charge in [-0.25, -0.2) is 9.78 Å². The number of rotatable bonds is 8. The lowest BCUT2D eigenvalue weighted by atomic mass is 10.1. The Morgan fingerprint density at radius 3 is 2.72 bits per heavy atom. The van der Waals surface area contributed by atoms with Gasteiger partial charge >= 0.3 is 5.97 Å². The number of amides is 1. The minimum absolute atomic E-state index is 0.253. The van der Waals surface area contributed by atoms with E-state index < -0.39 is 11.9 Å². The Morgan fingerprint density at radius 2 is 1.97 bits per heavy atom. The molecular formula is C22H22N2O4S. The Morgan fingerprint density at radius 1 is 1.14 bits per heavy atom. The number of carbonyl (C=O) groups is 2. The lowest BCUT2D eigenvalue weighted by Gasteiger charge is -2.11. The van der Waals surface area contributed by atoms with E-state index in [1.807, 2.05) is 37.4 Å². The van der Waals surface area contributed by atoms with Crippen LogP contribution in [0.5, 0.6) is 5.75 Å². The fourth-order valence-electron chi connectivity index (χ4n) is 2.66. The van der Waals surface area contributed by atoms with Gasteiger partial charge in [0.15, 0.2) is 6.61 Å². The molecule has 29 heavy (non-hydrogen) atoms. The average Bonchev–Trinajstić information content (AvgIpc) is 3.16. The third kappa shape index (κ3) is 5.89. The van der Waals surface area contributed by atoms with E-state index >= 15 is 0 Å². The number of carbonyl (C=O) groups excluding carboxylic acids is 2. The summed E-state index contributed by atoms with van der Waals surface area (Å²) in [5.74, 6) is -0.630. The lowest BCUT2D eigenvalue weighted by Crippen LogP contribution is -2.21. The monoisotopic (exact) mass is 410 g/mol. The van der Waals surface area contributed by atoms with Gasteiger partial charge in [0.25, 0.3) is 5.91 Å². The second kappa shape index (κ2) is 9.84. The van der Waals surface area contributed by atoms with E-state index in [-0.39, 0.29) is 18.8 Å². The minimum Gasteiger partial charge on any atom is -0.486 e. The molecule has 0 bridgehead atoms. The standard InChI is InChI=1S/C22H22N2O4S/c1-3-16-7-6-8-17(11-16)24-21(25)13-28-22(26)19-9-4-5-10-20(19)27-12-18-14-29-15(2)23-18/h4-11,14H,3,12-13H2,1-2H3,(H,24,25). The highest BCUT2D eigenvalue weighted by molar-refractivity contribution is 7.09. The Balaban J connectivity index is 1.56. The molecule has 0 saturated carbocycles. The van der Waals surface area contributed by atoms with Gasteiger partial charge in [0.1, 0.15) is 17.9 Å². The second-order valence-corrected chi connectivity index (χ2v) is 7.38. The number of anilines is 1. The molecule has 6 nitrogen and oxygen atoms in total. The Kier molecular flexibility index (Phi) is 6.97. The van der Waals surface area contributed by atoms with Gasteiger partial charge in [0.2, 0.25) is 0 Å². The molecule has 0 atom stereocenters. The molecule has 2 aromatic carbocycles. The van der Waals surface area contributed by atoms with Crippen LogP contribution in [0.1, 0.15) is 33.5 Å². The molecule has 1 aromatic heterocycles. The summed E-state index contributed by atoms with van der Waals surface area (Å²) in [7, 11) is 0. The van der Waals surface area contributed by atoms with E-state index in [4.69, 9.17) is 9.47 Å². The highest BCUT2D eigenvalue weighted by Gasteiger charge is 2.16. The van der Waals surface area contributed by atoms with Crippen LogP contribution in [0, 0.1) is 6.92 Å². The predicted molar refractivity (Wildman–Crippen MR) is 112 cm³/mol. The quantitative estimate of drug-likeness (QED) is 0.558. The van der Waals surface area contributed by atoms with Crippen LogP contribution in [-0.4, -0.2) is 23.5 Å². The molecule has 0 radical (unpaired) electrons. The maximum Gasteiger partial charge on any atom is 0.342 e. The number of aromatic nitrogens is 1. The summed E-state index contributed by atoms with van der Waals surface area (Å²) in [6.45, 7) is 3.83. The Labute approximate surface area is 173 Å². The molecule has 3 aromatic rings. The molecular weight excluding hydrogens is 388 g/mol. The van der Waals surface area contributed by atoms with Crippen LogP contribution in [0.15, 0.2) is 53.9 Å². The molecule has 0 fully saturated rings. The largest absolute Gasteiger partial charge is 0.486 e. The molecule has 1 N–H and O–H groups in total. The second-order valence-electron chi connectivity index (χ2n) is 6.32. The van der Waals surface area contributed by atoms with E-state index in [9.17, 15) is 9.59 Å². The van der Waals surface area contributed by atoms with Crippen molar-refractivity contribution >= 4 is 28.9 Å². The van der Waals surface area contributed by atoms with E-state index in [0.717, 1.165) is 22.7 Å². The molecule has 3 rings (SSSR count). The molecule has 0 aliphatic heterocycles. The highest BCUT2D eigenvalue weighted by atomic mass is 32.1. The first-order valence-electron chi connectivity index (χ1n) is 9.24. The molecule has 0 aliphatic rings. The number of ether oxygens (including phenoxy) is 2. The zero-order valence-corrected chi connectivity index (χ0v) is 17.1. The van der Waals surface area contributed by atoms with E-state index in [1.165, 1.54) is 11.3 Å². The summed E-state index contributed by atoms with van der Waals surface area (Å²) in [5, 5.41) is 5.59. The van der Waals surface area contributed by atoms with Crippen LogP contribution in [0.25, 0.3) is 0 Å². The van der Waals surface area contributed by atoms with E-state index in [1.54, 1.807) is 30.3 Å². The maximum absolute atomic E-state index is 12.4. The predicted octanol–water partition coefficient (Wildman–Crippen LogP) is 4.39. The minimum atomic E-state index is -0.618. The van der Waals surface area contributed by atoms with Crippen molar-refractivity contribution in [3.8, 4) is 5.75 Å². The normalized spacial score (nSPS) is 10.4. The topological polar surface area (TPSA) is 77.5 Å². The molecule has 7 heteroatoms. The number of hydrogen-bond acceptors (Lipinski definition) is 6. The summed E-state index contributed by atoms with van der Waals surface area (Å²) < 4.78 is 10.9. The first-order valence-corrected chi connectivity index (χ1v) is 10.1. The van der Waals surface area contributed by atoms with Gasteiger partial charge in [-0.1, -0.05) is 31.2 Å². The van der Waals surface area contributed by atoms with Crippen molar-refractivity contribution in [3.05, 3.63) is 75.7 Å². The van der Waals surface area contributed by atoms with Crippen molar-refractivity contribution in [2.45, 2.75) is 26.9 Å². The van der Waals surface area contributed by atoms with E-state index in [0.29, 0.717) is 11.4 Å². The zero-order chi connectivity index (χ0) is 20.6. The van der Waals surface area contributed by atoms with Crippen molar-refractivity contribution in [1.29, 1.82) is 0 Å². The number of nitrogens with zero attached hydrogens (tertiary/aromatic N) is 1. The molecule has 0 saturated heterocycles. The van der Waals surface area contributed by atoms with E-state index in [2.05, 4.69) is 10.3 Å². The van der Waals surface area contributed by atoms with Crippen molar-refractivity contribution in [2.24, 2.45) is 0 Å². The number of aryl methyl sites for hydroxylation is 2. The lowest BCUT2D eigenvalue weighted by molar-refractivity contribution is -0.119. The number of para-hydroxylation sites is 1. The number of hydrogen-bond donors (Lipinski definition) is 1. The summed E-state index contributed by atoms with van der Waals surface area (Å²) in [4.78, 5) is 28.9. The zero-order valence-electron chi connectivity index (χ0n) is 16.3. The van der Waals surface area contributed by atoms with Gasteiger partial charge in [0, 0.05) is 11.1 Å². The number of nitrogens with one attached hydrogen (secondary N) is 1. The summed E-state index contributed by atoms with van der Waals surface area (Å²) >= 11 is 1.54. The number of esters is 1. The van der Waals surface area contributed by atoms with Crippen LogP contribution >= 0.6 is 11.3 Å². The first-order chi connectivity index (χ1) is 14.0. The van der Waals surface area contributed by atoms with Gasteiger partial charge < -0.3 is 14.8 Å². The molecule has 150 valence electrons. The Hall–Kier alpha value is -3.19. The number of thiazole rings is 1. The summed E-state index contributed by atoms with van der Waals surface area (Å²) in [6, 6.07) is 14.3. The summed E-state index contributed by atoms with van der Waals surface area (Å²) in [5.41, 5.74) is 2.85. The Bertz CT molecular complexity index is 1000. The fourth-order valence-corrected chi connectivity index (χ4v) is 3.26. The first kappa shape index (κ1) is 20.5. The molecule has 1 heterocycles. The smallest absolute Gasteiger partial charge is 0.342 e. The average molecular weight is 410 g/mol. The van der Waals surface area contributed by atoms with Gasteiger partial charge in [-0.05, 0) is 43.2 Å². The molecule has 0 unspecified atom stereocenters. The molecule has 0 aliphatic carbocycles. The van der Waals surface area contributed by atoms with Crippen molar-refractivity contribution in [3.63, 3.8) is 0 Å². The molecule has 1 amide bonds. The van der Waals surface area contributed by atoms with Crippen LogP contribution in [0.4, 0.5) is 5.69 Å². The molecule has 0 spiro atoms. The highest BCUT2D eigenvalue weighted by Crippen LogP contribution is 2.21. The van der Waals surface area contributed by atoms with Gasteiger partial charge in [0.05, 0.1) is 10.7 Å². The number of benzene rings is 2. The van der Waals surface area contributed by atoms with Crippen LogP contribution in [-0.2, 0) is 22.6 Å². The van der Waals surface area contributed by atoms with Crippen molar-refractivity contribution < 1.29 is 19.1 Å². The van der Waals surface area contributed by atoms with Crippen molar-refractivity contribution in [2.75, 3.05) is 11.9 Å². The van der Waals surface area contributed by atoms with Crippen LogP contribution < -0.4 is 10.1 Å². The third-order valence-electron chi connectivity index (χ3n) is 4.10. The summed E-state index contributed by atoms with van der Waals surface area (Å²) in [6.07, 6.45) is 0.871. The third-order valence-corrected chi connectivity index (χ3v) is 4.92. The maximum atomic E-state index is 12.4. The van der Waals surface area contributed by atoms with Gasteiger partial charge in [-0.3, -0.25) is 4.79 Å².